The predicted octanol–water partition coefficient (Wildman–Crippen LogP) is 3.45. The molecule has 21 heavy (non-hydrogen) atoms. The van der Waals surface area contributed by atoms with Crippen LogP contribution < -0.4 is 0 Å². The molecule has 122 valence electrons. The number of nitrogens with zero attached hydrogens (tertiary/aromatic N) is 1. The van der Waals surface area contributed by atoms with Gasteiger partial charge in [0.2, 0.25) is 5.91 Å². The summed E-state index contributed by atoms with van der Waals surface area (Å²) < 4.78 is 0.284. The Morgan fingerprint density at radius 3 is 2.81 bits per heavy atom. The van der Waals surface area contributed by atoms with Crippen LogP contribution in [0, 0.1) is 5.92 Å². The van der Waals surface area contributed by atoms with E-state index in [4.69, 9.17) is 0 Å². The summed E-state index contributed by atoms with van der Waals surface area (Å²) >= 11 is 1.93. The van der Waals surface area contributed by atoms with E-state index in [0.717, 1.165) is 50.9 Å². The van der Waals surface area contributed by atoms with Crippen LogP contribution in [0.1, 0.15) is 65.7 Å². The Bertz CT molecular complexity index is 366. The Morgan fingerprint density at radius 2 is 2.10 bits per heavy atom. The number of fused-ring (bicyclic) bond motifs is 1. The number of amides is 1. The van der Waals surface area contributed by atoms with Gasteiger partial charge in [-0.2, -0.15) is 11.8 Å². The fourth-order valence-electron chi connectivity index (χ4n) is 3.56. The highest BCUT2D eigenvalue weighted by Gasteiger charge is 2.43. The van der Waals surface area contributed by atoms with Gasteiger partial charge in [0, 0.05) is 30.2 Å². The van der Waals surface area contributed by atoms with E-state index in [1.54, 1.807) is 0 Å². The van der Waals surface area contributed by atoms with E-state index >= 15 is 0 Å². The molecule has 0 aromatic heterocycles. The van der Waals surface area contributed by atoms with Crippen molar-refractivity contribution in [3.63, 3.8) is 0 Å². The summed E-state index contributed by atoms with van der Waals surface area (Å²) in [7, 11) is 0. The van der Waals surface area contributed by atoms with Crippen LogP contribution in [0.5, 0.6) is 0 Å². The average molecular weight is 314 g/mol. The van der Waals surface area contributed by atoms with E-state index in [-0.39, 0.29) is 10.7 Å². The summed E-state index contributed by atoms with van der Waals surface area (Å²) in [5, 5.41) is 10.7. The second kappa shape index (κ2) is 6.91. The van der Waals surface area contributed by atoms with Crippen molar-refractivity contribution in [1.82, 2.24) is 4.90 Å². The summed E-state index contributed by atoms with van der Waals surface area (Å²) in [4.78, 5) is 14.3. The SMILES string of the molecule is CC(C)(C)SCCCC(=O)N1CC[C@@]2(O)CCCC[C@@H]2C1. The number of carbonyl (C=O) groups excluding carboxylic acids is 1. The minimum Gasteiger partial charge on any atom is -0.389 e. The first-order valence-electron chi connectivity index (χ1n) is 8.44. The molecule has 2 aliphatic rings. The van der Waals surface area contributed by atoms with Crippen LogP contribution >= 0.6 is 11.8 Å². The lowest BCUT2D eigenvalue weighted by Gasteiger charge is -2.47. The maximum atomic E-state index is 12.3. The highest BCUT2D eigenvalue weighted by Crippen LogP contribution is 2.39. The summed E-state index contributed by atoms with van der Waals surface area (Å²) in [6.07, 6.45) is 6.77. The van der Waals surface area contributed by atoms with Crippen LogP contribution in [0.15, 0.2) is 0 Å². The third-order valence-corrected chi connectivity index (χ3v) is 6.21. The Kier molecular flexibility index (Phi) is 5.64. The van der Waals surface area contributed by atoms with E-state index < -0.39 is 5.60 Å². The van der Waals surface area contributed by atoms with Crippen molar-refractivity contribution in [2.75, 3.05) is 18.8 Å². The first-order chi connectivity index (χ1) is 9.80. The van der Waals surface area contributed by atoms with Gasteiger partial charge in [0.15, 0.2) is 0 Å². The highest BCUT2D eigenvalue weighted by atomic mass is 32.2. The normalized spacial score (nSPS) is 30.1. The second-order valence-electron chi connectivity index (χ2n) is 7.70. The monoisotopic (exact) mass is 313 g/mol. The number of hydrogen-bond acceptors (Lipinski definition) is 3. The molecule has 2 rings (SSSR count). The van der Waals surface area contributed by atoms with Gasteiger partial charge in [0.05, 0.1) is 5.60 Å². The van der Waals surface area contributed by atoms with Gasteiger partial charge in [-0.3, -0.25) is 4.79 Å². The number of piperidine rings is 1. The lowest BCUT2D eigenvalue weighted by Crippen LogP contribution is -2.54. The molecule has 1 heterocycles. The van der Waals surface area contributed by atoms with Crippen LogP contribution in [0.25, 0.3) is 0 Å². The first kappa shape index (κ1) is 17.1. The molecule has 1 aliphatic heterocycles. The van der Waals surface area contributed by atoms with E-state index in [1.165, 1.54) is 6.42 Å². The van der Waals surface area contributed by atoms with Gasteiger partial charge >= 0.3 is 0 Å². The molecule has 0 bridgehead atoms. The van der Waals surface area contributed by atoms with Gasteiger partial charge in [0.25, 0.3) is 0 Å². The smallest absolute Gasteiger partial charge is 0.222 e. The molecule has 1 aliphatic carbocycles. The quantitative estimate of drug-likeness (QED) is 0.808. The fraction of sp³-hybridized carbons (Fsp3) is 0.941. The van der Waals surface area contributed by atoms with E-state index in [0.29, 0.717) is 12.3 Å². The molecule has 0 unspecified atom stereocenters. The lowest BCUT2D eigenvalue weighted by atomic mass is 9.71. The van der Waals surface area contributed by atoms with Gasteiger partial charge < -0.3 is 10.0 Å². The molecule has 0 radical (unpaired) electrons. The van der Waals surface area contributed by atoms with Gasteiger partial charge in [-0.05, 0) is 31.4 Å². The van der Waals surface area contributed by atoms with Crippen LogP contribution in [0.4, 0.5) is 0 Å². The predicted molar refractivity (Wildman–Crippen MR) is 89.5 cm³/mol. The minimum atomic E-state index is -0.475. The van der Waals surface area contributed by atoms with Crippen molar-refractivity contribution in [1.29, 1.82) is 0 Å². The standard InChI is InChI=1S/C17H31NO2S/c1-16(2,3)21-12-6-8-15(19)18-11-10-17(20)9-5-4-7-14(17)13-18/h14,20H,4-13H2,1-3H3/t14-,17+/m1/s1. The van der Waals surface area contributed by atoms with Gasteiger partial charge in [-0.25, -0.2) is 0 Å². The van der Waals surface area contributed by atoms with E-state index in [1.807, 2.05) is 16.7 Å². The Hall–Kier alpha value is -0.220. The Labute approximate surface area is 133 Å². The van der Waals surface area contributed by atoms with E-state index in [2.05, 4.69) is 20.8 Å². The maximum Gasteiger partial charge on any atom is 0.222 e. The minimum absolute atomic E-state index is 0.284. The second-order valence-corrected chi connectivity index (χ2v) is 9.62. The van der Waals surface area contributed by atoms with Crippen LogP contribution in [-0.2, 0) is 4.79 Å². The molecular weight excluding hydrogens is 282 g/mol. The zero-order valence-corrected chi connectivity index (χ0v) is 14.7. The van der Waals surface area contributed by atoms with Crippen molar-refractivity contribution < 1.29 is 9.90 Å². The molecule has 1 amide bonds. The molecular formula is C17H31NO2S. The van der Waals surface area contributed by atoms with Gasteiger partial charge in [-0.15, -0.1) is 0 Å². The number of aliphatic hydroxyl groups is 1. The molecule has 4 heteroatoms. The molecule has 0 spiro atoms. The van der Waals surface area contributed by atoms with Crippen LogP contribution in [0.2, 0.25) is 0 Å². The molecule has 3 nitrogen and oxygen atoms in total. The molecule has 1 N–H and O–H groups in total. The Morgan fingerprint density at radius 1 is 1.33 bits per heavy atom. The molecule has 1 saturated heterocycles. The maximum absolute atomic E-state index is 12.3. The number of thioether (sulfide) groups is 1. The first-order valence-corrected chi connectivity index (χ1v) is 9.43. The third kappa shape index (κ3) is 4.88. The fourth-order valence-corrected chi connectivity index (χ4v) is 4.46. The summed E-state index contributed by atoms with van der Waals surface area (Å²) in [6.45, 7) is 8.18. The zero-order chi connectivity index (χ0) is 15.5. The Balaban J connectivity index is 1.74. The largest absolute Gasteiger partial charge is 0.389 e. The number of likely N-dealkylation sites (tertiary alicyclic amines) is 1. The zero-order valence-electron chi connectivity index (χ0n) is 13.9. The van der Waals surface area contributed by atoms with Crippen molar-refractivity contribution in [2.24, 2.45) is 5.92 Å². The molecule has 0 aromatic rings. The van der Waals surface area contributed by atoms with Crippen molar-refractivity contribution in [2.45, 2.75) is 76.1 Å². The topological polar surface area (TPSA) is 40.5 Å². The summed E-state index contributed by atoms with van der Waals surface area (Å²) in [6, 6.07) is 0. The molecule has 0 aromatic carbocycles. The molecule has 2 fully saturated rings. The van der Waals surface area contributed by atoms with Crippen molar-refractivity contribution in [3.05, 3.63) is 0 Å². The van der Waals surface area contributed by atoms with Gasteiger partial charge in [-0.1, -0.05) is 33.6 Å². The van der Waals surface area contributed by atoms with Gasteiger partial charge in [0.1, 0.15) is 0 Å². The lowest BCUT2D eigenvalue weighted by molar-refractivity contribution is -0.143. The number of carbonyl (C=O) groups is 1. The third-order valence-electron chi connectivity index (χ3n) is 4.85. The summed E-state index contributed by atoms with van der Waals surface area (Å²) in [5.41, 5.74) is -0.475. The van der Waals surface area contributed by atoms with Crippen LogP contribution in [-0.4, -0.2) is 45.1 Å². The van der Waals surface area contributed by atoms with Crippen molar-refractivity contribution >= 4 is 17.7 Å². The number of rotatable bonds is 4. The molecule has 2 atom stereocenters. The van der Waals surface area contributed by atoms with Crippen LogP contribution in [0.3, 0.4) is 0 Å². The van der Waals surface area contributed by atoms with E-state index in [9.17, 15) is 9.90 Å². The molecule has 1 saturated carbocycles. The number of hydrogen-bond donors (Lipinski definition) is 1. The van der Waals surface area contributed by atoms with Crippen molar-refractivity contribution in [3.8, 4) is 0 Å². The summed E-state index contributed by atoms with van der Waals surface area (Å²) in [5.74, 6) is 1.65. The average Bonchev–Trinajstić information content (AvgIpc) is 2.41. The highest BCUT2D eigenvalue weighted by molar-refractivity contribution is 8.00.